The third-order valence-corrected chi connectivity index (χ3v) is 2.95. The smallest absolute Gasteiger partial charge is 0.127 e. The highest BCUT2D eigenvalue weighted by atomic mass is 19.1. The third kappa shape index (κ3) is 3.58. The van der Waals surface area contributed by atoms with Crippen LogP contribution in [0, 0.1) is 5.82 Å². The van der Waals surface area contributed by atoms with Crippen molar-refractivity contribution in [1.29, 1.82) is 0 Å². The SMILES string of the molecule is CC(N)CCN(C)C(C)c1ccccc1F. The molecule has 3 heteroatoms. The number of benzene rings is 1. The summed E-state index contributed by atoms with van der Waals surface area (Å²) in [5.74, 6) is -0.136. The van der Waals surface area contributed by atoms with Gasteiger partial charge in [0.15, 0.2) is 0 Å². The van der Waals surface area contributed by atoms with Gasteiger partial charge in [0.1, 0.15) is 5.82 Å². The Morgan fingerprint density at radius 2 is 1.94 bits per heavy atom. The predicted molar refractivity (Wildman–Crippen MR) is 65.7 cm³/mol. The van der Waals surface area contributed by atoms with Crippen molar-refractivity contribution in [2.75, 3.05) is 13.6 Å². The Kier molecular flexibility index (Phi) is 4.90. The summed E-state index contributed by atoms with van der Waals surface area (Å²) in [5, 5.41) is 0. The van der Waals surface area contributed by atoms with E-state index in [1.807, 2.05) is 33.0 Å². The van der Waals surface area contributed by atoms with E-state index in [2.05, 4.69) is 4.90 Å². The molecule has 0 spiro atoms. The molecular formula is C13H21FN2. The van der Waals surface area contributed by atoms with Crippen LogP contribution >= 0.6 is 0 Å². The fourth-order valence-electron chi connectivity index (χ4n) is 1.65. The molecule has 0 amide bonds. The molecule has 2 unspecified atom stereocenters. The molecule has 2 nitrogen and oxygen atoms in total. The molecule has 0 aliphatic carbocycles. The summed E-state index contributed by atoms with van der Waals surface area (Å²) in [6.45, 7) is 4.88. The van der Waals surface area contributed by atoms with Crippen LogP contribution < -0.4 is 5.73 Å². The van der Waals surface area contributed by atoms with E-state index < -0.39 is 0 Å². The number of nitrogens with two attached hydrogens (primary N) is 1. The summed E-state index contributed by atoms with van der Waals surface area (Å²) >= 11 is 0. The van der Waals surface area contributed by atoms with E-state index >= 15 is 0 Å². The van der Waals surface area contributed by atoms with Gasteiger partial charge < -0.3 is 5.73 Å². The zero-order chi connectivity index (χ0) is 12.1. The van der Waals surface area contributed by atoms with Crippen LogP contribution in [0.5, 0.6) is 0 Å². The molecule has 1 aromatic carbocycles. The molecule has 0 fully saturated rings. The fourth-order valence-corrected chi connectivity index (χ4v) is 1.65. The monoisotopic (exact) mass is 224 g/mol. The quantitative estimate of drug-likeness (QED) is 0.833. The lowest BCUT2D eigenvalue weighted by Crippen LogP contribution is -2.28. The Labute approximate surface area is 97.3 Å². The van der Waals surface area contributed by atoms with E-state index in [0.29, 0.717) is 0 Å². The van der Waals surface area contributed by atoms with Gasteiger partial charge in [0.25, 0.3) is 0 Å². The minimum absolute atomic E-state index is 0.0833. The zero-order valence-electron chi connectivity index (χ0n) is 10.3. The first-order valence-electron chi connectivity index (χ1n) is 5.72. The number of hydrogen-bond donors (Lipinski definition) is 1. The molecule has 16 heavy (non-hydrogen) atoms. The van der Waals surface area contributed by atoms with Crippen LogP contribution in [0.3, 0.4) is 0 Å². The summed E-state index contributed by atoms with van der Waals surface area (Å²) in [5.41, 5.74) is 6.45. The Morgan fingerprint density at radius 1 is 1.31 bits per heavy atom. The largest absolute Gasteiger partial charge is 0.328 e. The van der Waals surface area contributed by atoms with Crippen molar-refractivity contribution < 1.29 is 4.39 Å². The summed E-state index contributed by atoms with van der Waals surface area (Å²) in [6, 6.07) is 7.20. The molecule has 0 aromatic heterocycles. The highest BCUT2D eigenvalue weighted by Crippen LogP contribution is 2.21. The molecule has 0 saturated heterocycles. The van der Waals surface area contributed by atoms with Crippen LogP contribution in [0.15, 0.2) is 24.3 Å². The van der Waals surface area contributed by atoms with E-state index in [1.54, 1.807) is 6.07 Å². The molecule has 1 rings (SSSR count). The third-order valence-electron chi connectivity index (χ3n) is 2.95. The first-order chi connectivity index (χ1) is 7.52. The van der Waals surface area contributed by atoms with E-state index in [-0.39, 0.29) is 17.9 Å². The topological polar surface area (TPSA) is 29.3 Å². The Balaban J connectivity index is 2.63. The van der Waals surface area contributed by atoms with E-state index in [0.717, 1.165) is 18.5 Å². The van der Waals surface area contributed by atoms with Crippen molar-refractivity contribution in [3.05, 3.63) is 35.6 Å². The van der Waals surface area contributed by atoms with Crippen molar-refractivity contribution in [2.45, 2.75) is 32.4 Å². The zero-order valence-corrected chi connectivity index (χ0v) is 10.3. The van der Waals surface area contributed by atoms with Crippen LogP contribution in [0.4, 0.5) is 4.39 Å². The van der Waals surface area contributed by atoms with Crippen molar-refractivity contribution in [3.63, 3.8) is 0 Å². The number of rotatable bonds is 5. The second-order valence-electron chi connectivity index (χ2n) is 4.44. The summed E-state index contributed by atoms with van der Waals surface area (Å²) in [6.07, 6.45) is 0.926. The molecule has 2 atom stereocenters. The van der Waals surface area contributed by atoms with Gasteiger partial charge in [-0.1, -0.05) is 18.2 Å². The van der Waals surface area contributed by atoms with E-state index in [4.69, 9.17) is 5.73 Å². The molecule has 1 aromatic rings. The first-order valence-corrected chi connectivity index (χ1v) is 5.72. The standard InChI is InChI=1S/C13H21FN2/c1-10(15)8-9-16(3)11(2)12-6-4-5-7-13(12)14/h4-7,10-11H,8-9,15H2,1-3H3. The molecule has 0 aliphatic heterocycles. The van der Waals surface area contributed by atoms with E-state index in [1.165, 1.54) is 6.07 Å². The summed E-state index contributed by atoms with van der Waals surface area (Å²) < 4.78 is 13.5. The lowest BCUT2D eigenvalue weighted by molar-refractivity contribution is 0.248. The Bertz CT molecular complexity index is 325. The molecule has 90 valence electrons. The molecule has 0 bridgehead atoms. The maximum absolute atomic E-state index is 13.5. The van der Waals surface area contributed by atoms with Gasteiger partial charge >= 0.3 is 0 Å². The van der Waals surface area contributed by atoms with Crippen molar-refractivity contribution in [3.8, 4) is 0 Å². The molecular weight excluding hydrogens is 203 g/mol. The van der Waals surface area contributed by atoms with Gasteiger partial charge in [0.2, 0.25) is 0 Å². The normalized spacial score (nSPS) is 15.1. The van der Waals surface area contributed by atoms with Crippen molar-refractivity contribution in [2.24, 2.45) is 5.73 Å². The Morgan fingerprint density at radius 3 is 2.50 bits per heavy atom. The lowest BCUT2D eigenvalue weighted by Gasteiger charge is -2.26. The average Bonchev–Trinajstić information content (AvgIpc) is 2.25. The number of halogens is 1. The first kappa shape index (κ1) is 13.1. The molecule has 0 aliphatic rings. The number of hydrogen-bond acceptors (Lipinski definition) is 2. The number of nitrogens with zero attached hydrogens (tertiary/aromatic N) is 1. The van der Waals surface area contributed by atoms with Crippen LogP contribution in [0.2, 0.25) is 0 Å². The molecule has 0 heterocycles. The molecule has 2 N–H and O–H groups in total. The van der Waals surface area contributed by atoms with Gasteiger partial charge in [-0.3, -0.25) is 4.90 Å². The summed E-state index contributed by atoms with van der Waals surface area (Å²) in [4.78, 5) is 2.13. The van der Waals surface area contributed by atoms with Gasteiger partial charge in [0.05, 0.1) is 0 Å². The van der Waals surface area contributed by atoms with Crippen LogP contribution in [0.1, 0.15) is 31.9 Å². The minimum atomic E-state index is -0.136. The maximum atomic E-state index is 13.5. The minimum Gasteiger partial charge on any atom is -0.328 e. The second kappa shape index (κ2) is 5.97. The van der Waals surface area contributed by atoms with Crippen molar-refractivity contribution >= 4 is 0 Å². The lowest BCUT2D eigenvalue weighted by atomic mass is 10.1. The van der Waals surface area contributed by atoms with Crippen LogP contribution in [-0.2, 0) is 0 Å². The predicted octanol–water partition coefficient (Wildman–Crippen LogP) is 2.56. The van der Waals surface area contributed by atoms with Crippen LogP contribution in [0.25, 0.3) is 0 Å². The second-order valence-corrected chi connectivity index (χ2v) is 4.44. The highest BCUT2D eigenvalue weighted by molar-refractivity contribution is 5.20. The van der Waals surface area contributed by atoms with Gasteiger partial charge in [-0.05, 0) is 39.9 Å². The van der Waals surface area contributed by atoms with Gasteiger partial charge in [-0.15, -0.1) is 0 Å². The maximum Gasteiger partial charge on any atom is 0.127 e. The van der Waals surface area contributed by atoms with E-state index in [9.17, 15) is 4.39 Å². The van der Waals surface area contributed by atoms with Gasteiger partial charge in [-0.2, -0.15) is 0 Å². The van der Waals surface area contributed by atoms with Gasteiger partial charge in [0, 0.05) is 17.6 Å². The summed E-state index contributed by atoms with van der Waals surface area (Å²) in [7, 11) is 2.00. The van der Waals surface area contributed by atoms with Gasteiger partial charge in [-0.25, -0.2) is 4.39 Å². The Hall–Kier alpha value is -0.930. The highest BCUT2D eigenvalue weighted by Gasteiger charge is 2.14. The molecule has 0 saturated carbocycles. The fraction of sp³-hybridized carbons (Fsp3) is 0.538. The average molecular weight is 224 g/mol. The van der Waals surface area contributed by atoms with Crippen LogP contribution in [-0.4, -0.2) is 24.5 Å². The van der Waals surface area contributed by atoms with Crippen molar-refractivity contribution in [1.82, 2.24) is 4.90 Å². The molecule has 0 radical (unpaired) electrons.